The van der Waals surface area contributed by atoms with E-state index in [0.717, 1.165) is 25.8 Å². The van der Waals surface area contributed by atoms with Gasteiger partial charge in [0.15, 0.2) is 0 Å². The molecule has 1 aliphatic rings. The van der Waals surface area contributed by atoms with Gasteiger partial charge in [0.1, 0.15) is 5.60 Å². The van der Waals surface area contributed by atoms with Gasteiger partial charge in [-0.2, -0.15) is 0 Å². The average Bonchev–Trinajstić information content (AvgIpc) is 2.69. The number of nitrogens with one attached hydrogen (secondary N) is 1. The fourth-order valence-corrected chi connectivity index (χ4v) is 3.43. The van der Waals surface area contributed by atoms with Crippen molar-refractivity contribution >= 4 is 6.09 Å². The molecule has 1 N–H and O–H groups in total. The summed E-state index contributed by atoms with van der Waals surface area (Å²) in [5, 5.41) is 3.73. The van der Waals surface area contributed by atoms with E-state index >= 15 is 0 Å². The molecular formula is C20H40N2O2. The van der Waals surface area contributed by atoms with E-state index in [2.05, 4.69) is 33.0 Å². The third-order valence-corrected chi connectivity index (χ3v) is 5.18. The number of hydrogen-bond acceptors (Lipinski definition) is 3. The minimum absolute atomic E-state index is 0.142. The van der Waals surface area contributed by atoms with E-state index in [4.69, 9.17) is 4.74 Å². The number of hydrogen-bond donors (Lipinski definition) is 1. The first-order valence-electron chi connectivity index (χ1n) is 9.89. The van der Waals surface area contributed by atoms with Crippen LogP contribution in [0.25, 0.3) is 0 Å². The van der Waals surface area contributed by atoms with Gasteiger partial charge in [0.05, 0.1) is 0 Å². The first kappa shape index (κ1) is 21.3. The molecule has 0 aliphatic carbocycles. The number of carbonyl (C=O) groups excluding carboxylic acids is 1. The molecular weight excluding hydrogens is 300 g/mol. The zero-order chi connectivity index (χ0) is 18.3. The first-order chi connectivity index (χ1) is 11.1. The number of nitrogens with zero attached hydrogens (tertiary/aromatic N) is 1. The summed E-state index contributed by atoms with van der Waals surface area (Å²) in [6.07, 6.45) is 6.63. The van der Waals surface area contributed by atoms with Crippen molar-refractivity contribution in [1.82, 2.24) is 10.2 Å². The summed E-state index contributed by atoms with van der Waals surface area (Å²) in [6, 6.07) is 1.20. The van der Waals surface area contributed by atoms with Crippen LogP contribution in [0.3, 0.4) is 0 Å². The molecule has 0 bridgehead atoms. The van der Waals surface area contributed by atoms with E-state index in [1.165, 1.54) is 19.3 Å². The molecule has 4 atom stereocenters. The van der Waals surface area contributed by atoms with Crippen LogP contribution < -0.4 is 5.32 Å². The second kappa shape index (κ2) is 9.65. The maximum absolute atomic E-state index is 12.6. The van der Waals surface area contributed by atoms with Crippen molar-refractivity contribution in [3.05, 3.63) is 0 Å². The zero-order valence-electron chi connectivity index (χ0n) is 17.0. The second-order valence-electron chi connectivity index (χ2n) is 8.65. The number of amides is 1. The Hall–Kier alpha value is -0.770. The summed E-state index contributed by atoms with van der Waals surface area (Å²) in [7, 11) is 0. The van der Waals surface area contributed by atoms with E-state index in [0.29, 0.717) is 18.0 Å². The minimum Gasteiger partial charge on any atom is -0.444 e. The molecule has 142 valence electrons. The first-order valence-corrected chi connectivity index (χ1v) is 9.89. The van der Waals surface area contributed by atoms with Crippen molar-refractivity contribution in [2.24, 2.45) is 5.92 Å². The zero-order valence-corrected chi connectivity index (χ0v) is 17.0. The third kappa shape index (κ3) is 7.42. The van der Waals surface area contributed by atoms with Gasteiger partial charge in [0.25, 0.3) is 0 Å². The molecule has 1 saturated heterocycles. The van der Waals surface area contributed by atoms with Crippen LogP contribution in [0.2, 0.25) is 0 Å². The van der Waals surface area contributed by atoms with Gasteiger partial charge in [-0.25, -0.2) is 4.79 Å². The molecule has 0 aromatic carbocycles. The summed E-state index contributed by atoms with van der Waals surface area (Å²) in [5.41, 5.74) is -0.428. The maximum Gasteiger partial charge on any atom is 0.410 e. The van der Waals surface area contributed by atoms with Crippen molar-refractivity contribution in [2.45, 2.75) is 111 Å². The van der Waals surface area contributed by atoms with Crippen LogP contribution in [0.15, 0.2) is 0 Å². The highest BCUT2D eigenvalue weighted by molar-refractivity contribution is 5.68. The summed E-state index contributed by atoms with van der Waals surface area (Å²) in [4.78, 5) is 14.6. The standard InChI is InChI=1S/C20H40N2O2/c1-8-15(2)17(4)21-16(3)14-18-12-10-9-11-13-22(18)19(23)24-20(5,6)7/h15-18,21H,8-14H2,1-7H3. The molecule has 1 heterocycles. The van der Waals surface area contributed by atoms with E-state index < -0.39 is 5.60 Å². The molecule has 1 aliphatic heterocycles. The van der Waals surface area contributed by atoms with Crippen LogP contribution in [0.5, 0.6) is 0 Å². The van der Waals surface area contributed by atoms with E-state index in [1.807, 2.05) is 25.7 Å². The average molecular weight is 341 g/mol. The Morgan fingerprint density at radius 1 is 1.21 bits per heavy atom. The van der Waals surface area contributed by atoms with Crippen LogP contribution >= 0.6 is 0 Å². The number of likely N-dealkylation sites (tertiary alicyclic amines) is 1. The van der Waals surface area contributed by atoms with Crippen molar-refractivity contribution in [1.29, 1.82) is 0 Å². The molecule has 24 heavy (non-hydrogen) atoms. The summed E-state index contributed by atoms with van der Waals surface area (Å²) >= 11 is 0. The Bertz CT molecular complexity index is 378. The molecule has 4 unspecified atom stereocenters. The lowest BCUT2D eigenvalue weighted by atomic mass is 9.97. The highest BCUT2D eigenvalue weighted by atomic mass is 16.6. The summed E-state index contributed by atoms with van der Waals surface area (Å²) in [5.74, 6) is 0.670. The SMILES string of the molecule is CCC(C)C(C)NC(C)CC1CCCCCN1C(=O)OC(C)(C)C. The predicted octanol–water partition coefficient (Wildman–Crippen LogP) is 4.97. The van der Waals surface area contributed by atoms with Crippen LogP contribution in [-0.4, -0.2) is 41.3 Å². The predicted molar refractivity (Wildman–Crippen MR) is 101 cm³/mol. The van der Waals surface area contributed by atoms with Crippen LogP contribution in [0, 0.1) is 5.92 Å². The molecule has 4 heteroatoms. The molecule has 0 aromatic rings. The van der Waals surface area contributed by atoms with E-state index in [9.17, 15) is 4.79 Å². The normalized spacial score (nSPS) is 23.3. The smallest absolute Gasteiger partial charge is 0.410 e. The fourth-order valence-electron chi connectivity index (χ4n) is 3.43. The molecule has 1 amide bonds. The molecule has 0 aromatic heterocycles. The van der Waals surface area contributed by atoms with Gasteiger partial charge in [-0.1, -0.05) is 33.1 Å². The monoisotopic (exact) mass is 340 g/mol. The Morgan fingerprint density at radius 2 is 1.88 bits per heavy atom. The van der Waals surface area contributed by atoms with Gasteiger partial charge in [-0.15, -0.1) is 0 Å². The van der Waals surface area contributed by atoms with Gasteiger partial charge in [0.2, 0.25) is 0 Å². The Balaban J connectivity index is 2.67. The van der Waals surface area contributed by atoms with Gasteiger partial charge >= 0.3 is 6.09 Å². The molecule has 1 fully saturated rings. The van der Waals surface area contributed by atoms with Gasteiger partial charge < -0.3 is 15.0 Å². The Kier molecular flexibility index (Phi) is 8.55. The van der Waals surface area contributed by atoms with Gasteiger partial charge in [-0.3, -0.25) is 0 Å². The van der Waals surface area contributed by atoms with Gasteiger partial charge in [0, 0.05) is 24.7 Å². The lowest BCUT2D eigenvalue weighted by molar-refractivity contribution is 0.0149. The van der Waals surface area contributed by atoms with Gasteiger partial charge in [-0.05, 0) is 59.8 Å². The summed E-state index contributed by atoms with van der Waals surface area (Å²) in [6.45, 7) is 15.7. The highest BCUT2D eigenvalue weighted by Gasteiger charge is 2.30. The lowest BCUT2D eigenvalue weighted by Crippen LogP contribution is -2.47. The Labute approximate surface area is 149 Å². The Morgan fingerprint density at radius 3 is 2.46 bits per heavy atom. The quantitative estimate of drug-likeness (QED) is 0.742. The number of ether oxygens (including phenoxy) is 1. The second-order valence-corrected chi connectivity index (χ2v) is 8.65. The topological polar surface area (TPSA) is 41.6 Å². The molecule has 0 radical (unpaired) electrons. The van der Waals surface area contributed by atoms with Crippen molar-refractivity contribution < 1.29 is 9.53 Å². The molecule has 1 rings (SSSR count). The van der Waals surface area contributed by atoms with Crippen LogP contribution in [-0.2, 0) is 4.74 Å². The molecule has 0 spiro atoms. The minimum atomic E-state index is -0.428. The maximum atomic E-state index is 12.6. The number of rotatable bonds is 6. The van der Waals surface area contributed by atoms with Crippen molar-refractivity contribution in [2.75, 3.05) is 6.54 Å². The highest BCUT2D eigenvalue weighted by Crippen LogP contribution is 2.23. The van der Waals surface area contributed by atoms with Crippen molar-refractivity contribution in [3.63, 3.8) is 0 Å². The van der Waals surface area contributed by atoms with Crippen LogP contribution in [0.1, 0.15) is 87.0 Å². The fraction of sp³-hybridized carbons (Fsp3) is 0.950. The lowest BCUT2D eigenvalue weighted by Gasteiger charge is -2.34. The van der Waals surface area contributed by atoms with Crippen molar-refractivity contribution in [3.8, 4) is 0 Å². The number of carbonyl (C=O) groups is 1. The van der Waals surface area contributed by atoms with Crippen LogP contribution in [0.4, 0.5) is 4.79 Å². The third-order valence-electron chi connectivity index (χ3n) is 5.18. The summed E-state index contributed by atoms with van der Waals surface area (Å²) < 4.78 is 5.65. The largest absolute Gasteiger partial charge is 0.444 e. The molecule has 4 nitrogen and oxygen atoms in total. The molecule has 0 saturated carbocycles. The van der Waals surface area contributed by atoms with E-state index in [1.54, 1.807) is 0 Å². The van der Waals surface area contributed by atoms with E-state index in [-0.39, 0.29) is 12.1 Å².